The summed E-state index contributed by atoms with van der Waals surface area (Å²) in [4.78, 5) is 101. The zero-order valence-electron chi connectivity index (χ0n) is 41.3. The van der Waals surface area contributed by atoms with Gasteiger partial charge in [-0.15, -0.1) is 0 Å². The molecule has 7 atom stereocenters. The second-order valence-corrected chi connectivity index (χ2v) is 22.3. The summed E-state index contributed by atoms with van der Waals surface area (Å²) in [6, 6.07) is 0. The summed E-state index contributed by atoms with van der Waals surface area (Å²) in [5.74, 6) is -1.54. The maximum atomic E-state index is 12.8. The molecule has 10 N–H and O–H groups in total. The standard InChI is InChI=1S/C45H68N7O18P3S/c1-4-5-6-7-8-9-10-11-12-13-14-15-16-17-18-19-20-21-22-23-33(53)28-36(55)74-27-26-47-35(54)24-25-48-43(58)40(57)45(2,3)30-67-73(64,65)70-72(62,63)66-29-34-39(69-71(59,60)61)38(56)44(68-34)52-32-51-37-41(46)49-31-50-42(37)52/h5-6,8-9,11-12,14-15,17-18,20-21,31-32,34,38-40,44,56-57H,4,7,10,13,16,19,22-30H2,1-3H3,(H,47,54)(H,48,58)(H,62,63)(H,64,65)(H2,46,49,50)(H2,59,60,61)/b6-5-,9-8-,12-11-,15-14-,18-17-,21-20-/t34-,38-,39-,40+,44-/m1/s1. The van der Waals surface area contributed by atoms with Crippen LogP contribution in [0.3, 0.4) is 0 Å². The number of rotatable bonds is 35. The molecule has 0 spiro atoms. The van der Waals surface area contributed by atoms with Gasteiger partial charge in [-0.25, -0.2) is 28.6 Å². The minimum Gasteiger partial charge on any atom is -0.386 e. The van der Waals surface area contributed by atoms with Gasteiger partial charge in [0.2, 0.25) is 11.8 Å². The molecule has 1 fully saturated rings. The van der Waals surface area contributed by atoms with Gasteiger partial charge in [0.1, 0.15) is 42.0 Å². The van der Waals surface area contributed by atoms with Crippen molar-refractivity contribution in [3.8, 4) is 0 Å². The maximum absolute atomic E-state index is 12.8. The van der Waals surface area contributed by atoms with E-state index in [4.69, 9.17) is 19.5 Å². The number of nitrogen functional groups attached to an aromatic ring is 1. The number of carbonyl (C=O) groups is 4. The minimum absolute atomic E-state index is 0.0224. The number of phosphoric ester groups is 3. The summed E-state index contributed by atoms with van der Waals surface area (Å²) in [6.07, 6.45) is 24.0. The topological polar surface area (TPSA) is 381 Å². The molecule has 1 aliphatic rings. The van der Waals surface area contributed by atoms with E-state index in [9.17, 15) is 62.7 Å². The van der Waals surface area contributed by atoms with Crippen LogP contribution in [0.15, 0.2) is 85.6 Å². The van der Waals surface area contributed by atoms with Crippen molar-refractivity contribution in [2.24, 2.45) is 5.41 Å². The number of fused-ring (bicyclic) bond motifs is 1. The van der Waals surface area contributed by atoms with Crippen LogP contribution in [0, 0.1) is 5.41 Å². The zero-order chi connectivity index (χ0) is 54.8. The number of thioether (sulfide) groups is 1. The molecule has 29 heteroatoms. The number of anilines is 1. The van der Waals surface area contributed by atoms with E-state index in [1.165, 1.54) is 13.8 Å². The van der Waals surface area contributed by atoms with Crippen molar-refractivity contribution in [3.05, 3.63) is 85.6 Å². The average molecular weight is 1120 g/mol. The number of aliphatic hydroxyl groups is 2. The fourth-order valence-corrected chi connectivity index (χ4v) is 10.0. The summed E-state index contributed by atoms with van der Waals surface area (Å²) in [5, 5.41) is 26.2. The first-order valence-electron chi connectivity index (χ1n) is 23.4. The Morgan fingerprint density at radius 3 is 2.01 bits per heavy atom. The smallest absolute Gasteiger partial charge is 0.386 e. The number of carbonyl (C=O) groups excluding carboxylic acids is 4. The van der Waals surface area contributed by atoms with E-state index < -0.39 is 84.6 Å². The molecule has 2 unspecified atom stereocenters. The van der Waals surface area contributed by atoms with Gasteiger partial charge in [0.15, 0.2) is 22.8 Å². The quantitative estimate of drug-likeness (QED) is 0.0187. The molecule has 3 rings (SSSR count). The molecule has 2 aromatic rings. The van der Waals surface area contributed by atoms with Crippen molar-refractivity contribution in [1.82, 2.24) is 30.2 Å². The number of nitrogens with zero attached hydrogens (tertiary/aromatic N) is 4. The molecule has 0 bridgehead atoms. The predicted octanol–water partition coefficient (Wildman–Crippen LogP) is 5.10. The summed E-state index contributed by atoms with van der Waals surface area (Å²) in [5.41, 5.74) is 4.23. The lowest BCUT2D eigenvalue weighted by Gasteiger charge is -2.30. The number of nitrogens with one attached hydrogen (secondary N) is 2. The number of aliphatic hydroxyl groups excluding tert-OH is 2. The summed E-state index contributed by atoms with van der Waals surface area (Å²) in [6.45, 7) is 2.39. The van der Waals surface area contributed by atoms with Gasteiger partial charge in [-0.1, -0.05) is 105 Å². The predicted molar refractivity (Wildman–Crippen MR) is 274 cm³/mol. The highest BCUT2D eigenvalue weighted by Crippen LogP contribution is 2.61. The molecule has 0 radical (unpaired) electrons. The van der Waals surface area contributed by atoms with Crippen LogP contribution in [0.4, 0.5) is 5.82 Å². The second-order valence-electron chi connectivity index (χ2n) is 17.0. The lowest BCUT2D eigenvalue weighted by Crippen LogP contribution is -2.46. The van der Waals surface area contributed by atoms with Gasteiger partial charge in [0.05, 0.1) is 26.0 Å². The molecule has 2 aromatic heterocycles. The van der Waals surface area contributed by atoms with Crippen LogP contribution >= 0.6 is 35.2 Å². The van der Waals surface area contributed by atoms with Gasteiger partial charge in [0.25, 0.3) is 0 Å². The monoisotopic (exact) mass is 1120 g/mol. The molecule has 1 aliphatic heterocycles. The number of amides is 2. The minimum atomic E-state index is -5.60. The number of Topliss-reactive ketones (excluding diaryl/α,β-unsaturated/α-hetero) is 1. The van der Waals surface area contributed by atoms with Gasteiger partial charge in [-0.05, 0) is 44.9 Å². The molecule has 74 heavy (non-hydrogen) atoms. The largest absolute Gasteiger partial charge is 0.481 e. The van der Waals surface area contributed by atoms with E-state index in [0.717, 1.165) is 67.5 Å². The summed E-state index contributed by atoms with van der Waals surface area (Å²) < 4.78 is 62.4. The fraction of sp³-hybridized carbons (Fsp3) is 0.533. The Bertz CT molecular complexity index is 2480. The van der Waals surface area contributed by atoms with E-state index in [-0.39, 0.29) is 66.0 Å². The fourth-order valence-electron chi connectivity index (χ4n) is 6.48. The van der Waals surface area contributed by atoms with E-state index >= 15 is 0 Å². The molecule has 25 nitrogen and oxygen atoms in total. The molecular formula is C45H68N7O18P3S. The van der Waals surface area contributed by atoms with Gasteiger partial charge < -0.3 is 50.9 Å². The number of aromatic nitrogens is 4. The Hall–Kier alpha value is -4.33. The molecular weight excluding hydrogens is 1050 g/mol. The molecule has 1 saturated heterocycles. The number of nitrogens with two attached hydrogens (primary N) is 1. The third kappa shape index (κ3) is 24.6. The highest BCUT2D eigenvalue weighted by atomic mass is 32.2. The lowest BCUT2D eigenvalue weighted by molar-refractivity contribution is -0.137. The highest BCUT2D eigenvalue weighted by Gasteiger charge is 2.50. The Morgan fingerprint density at radius 2 is 1.42 bits per heavy atom. The molecule has 3 heterocycles. The summed E-state index contributed by atoms with van der Waals surface area (Å²) in [7, 11) is -16.5. The van der Waals surface area contributed by atoms with E-state index in [1.54, 1.807) is 0 Å². The first-order chi connectivity index (χ1) is 34.9. The van der Waals surface area contributed by atoms with Gasteiger partial charge >= 0.3 is 23.5 Å². The van der Waals surface area contributed by atoms with Crippen LogP contribution in [-0.2, 0) is 55.5 Å². The first kappa shape index (κ1) is 64.0. The van der Waals surface area contributed by atoms with Crippen LogP contribution in [0.5, 0.6) is 0 Å². The zero-order valence-corrected chi connectivity index (χ0v) is 44.8. The van der Waals surface area contributed by atoms with Crippen molar-refractivity contribution in [2.45, 2.75) is 116 Å². The van der Waals surface area contributed by atoms with Crippen LogP contribution in [-0.4, -0.2) is 128 Å². The van der Waals surface area contributed by atoms with Crippen LogP contribution in [0.25, 0.3) is 11.2 Å². The van der Waals surface area contributed by atoms with Crippen molar-refractivity contribution >= 4 is 74.9 Å². The van der Waals surface area contributed by atoms with Gasteiger partial charge in [-0.3, -0.25) is 37.3 Å². The van der Waals surface area contributed by atoms with Crippen molar-refractivity contribution < 1.29 is 85.3 Å². The van der Waals surface area contributed by atoms with Crippen LogP contribution in [0.2, 0.25) is 0 Å². The van der Waals surface area contributed by atoms with E-state index in [2.05, 4.69) is 96.0 Å². The molecule has 0 aliphatic carbocycles. The Kier molecular flexibility index (Phi) is 27.9. The highest BCUT2D eigenvalue weighted by molar-refractivity contribution is 8.13. The SMILES string of the molecule is CC/C=C\C/C=C\C/C=C\C/C=C\C/C=C\C/C=C\CCC(=O)CC(=O)SCCNC(=O)CCNC(=O)[C@H](O)C(C)(C)COP(=O)(O)OP(=O)(O)OC[C@H]1O[C@@H](n2cnc3c(N)ncnc32)[C@H](O)[C@@H]1OP(=O)(O)O. The van der Waals surface area contributed by atoms with Crippen LogP contribution < -0.4 is 16.4 Å². The molecule has 2 amide bonds. The third-order valence-corrected chi connectivity index (χ3v) is 14.3. The molecule has 0 aromatic carbocycles. The number of ketones is 1. The molecule has 0 saturated carbocycles. The normalized spacial score (nSPS) is 19.9. The van der Waals surface area contributed by atoms with Crippen molar-refractivity contribution in [1.29, 1.82) is 0 Å². The Labute approximate surface area is 433 Å². The first-order valence-corrected chi connectivity index (χ1v) is 28.9. The van der Waals surface area contributed by atoms with Gasteiger partial charge in [0, 0.05) is 37.1 Å². The summed E-state index contributed by atoms with van der Waals surface area (Å²) >= 11 is 0.903. The third-order valence-electron chi connectivity index (χ3n) is 10.3. The number of phosphoric acid groups is 3. The van der Waals surface area contributed by atoms with E-state index in [1.807, 2.05) is 18.2 Å². The van der Waals surface area contributed by atoms with E-state index in [0.29, 0.717) is 6.42 Å². The molecule has 412 valence electrons. The second kappa shape index (κ2) is 32.3. The van der Waals surface area contributed by atoms with Gasteiger partial charge in [-0.2, -0.15) is 4.31 Å². The number of hydrogen-bond acceptors (Lipinski definition) is 19. The lowest BCUT2D eigenvalue weighted by atomic mass is 9.87. The number of allylic oxidation sites excluding steroid dienone is 12. The number of ether oxygens (including phenoxy) is 1. The maximum Gasteiger partial charge on any atom is 0.481 e. The Balaban J connectivity index is 1.28. The van der Waals surface area contributed by atoms with Crippen molar-refractivity contribution in [2.75, 3.05) is 37.8 Å². The van der Waals surface area contributed by atoms with Crippen molar-refractivity contribution in [3.63, 3.8) is 0 Å². The number of imidazole rings is 1. The average Bonchev–Trinajstić information content (AvgIpc) is 3.89. The number of hydrogen-bond donors (Lipinski definition) is 9. The van der Waals surface area contributed by atoms with Crippen LogP contribution in [0.1, 0.15) is 91.2 Å². The Morgan fingerprint density at radius 1 is 0.838 bits per heavy atom.